The molecule has 0 spiro atoms. The highest BCUT2D eigenvalue weighted by molar-refractivity contribution is 5.76. The minimum absolute atomic E-state index is 0.0586. The third-order valence-electron chi connectivity index (χ3n) is 13.2. The Hall–Kier alpha value is -1.13. The Kier molecular flexibility index (Phi) is 52.2. The van der Waals surface area contributed by atoms with Gasteiger partial charge in [0.1, 0.15) is 0 Å². The molecule has 0 heterocycles. The van der Waals surface area contributed by atoms with E-state index in [4.69, 9.17) is 0 Å². The zero-order valence-electron chi connectivity index (χ0n) is 41.7. The maximum absolute atomic E-state index is 12.5. The summed E-state index contributed by atoms with van der Waals surface area (Å²) >= 11 is 0. The van der Waals surface area contributed by atoms with E-state index in [1.54, 1.807) is 6.08 Å². The van der Waals surface area contributed by atoms with E-state index < -0.39 is 12.1 Å². The van der Waals surface area contributed by atoms with Crippen LogP contribution in [0.2, 0.25) is 0 Å². The van der Waals surface area contributed by atoms with Crippen LogP contribution in [0, 0.1) is 0 Å². The number of rotatable bonds is 52. The molecule has 0 aromatic rings. The van der Waals surface area contributed by atoms with Gasteiger partial charge in [0.2, 0.25) is 5.91 Å². The lowest BCUT2D eigenvalue weighted by Gasteiger charge is -2.20. The normalized spacial score (nSPS) is 12.9. The first-order chi connectivity index (χ1) is 30.2. The lowest BCUT2D eigenvalue weighted by Crippen LogP contribution is -2.45. The second-order valence-electron chi connectivity index (χ2n) is 19.4. The first kappa shape index (κ1) is 59.9. The first-order valence-electron chi connectivity index (χ1n) is 28.1. The van der Waals surface area contributed by atoms with Crippen LogP contribution >= 0.6 is 0 Å². The first-order valence-corrected chi connectivity index (χ1v) is 28.1. The van der Waals surface area contributed by atoms with Crippen LogP contribution < -0.4 is 5.32 Å². The van der Waals surface area contributed by atoms with Crippen molar-refractivity contribution in [3.63, 3.8) is 0 Å². The van der Waals surface area contributed by atoms with E-state index in [1.165, 1.54) is 270 Å². The molecule has 0 bridgehead atoms. The number of amides is 1. The van der Waals surface area contributed by atoms with Crippen LogP contribution in [-0.2, 0) is 4.79 Å². The quantitative estimate of drug-likeness (QED) is 0.0422. The standard InChI is InChI=1S/C57H111NO3/c1-3-5-7-9-11-13-15-17-19-21-23-24-25-26-27-28-29-30-31-32-33-35-37-39-41-43-45-47-49-51-53-57(61)58-55(54-59)56(60)52-50-48-46-44-42-40-38-36-34-22-20-18-16-14-12-10-8-6-4-2/h26-27,50,52,55-56,59-60H,3-25,28-49,51,53-54H2,1-2H3,(H,58,61)/b27-26-,52-50+. The summed E-state index contributed by atoms with van der Waals surface area (Å²) in [5.41, 5.74) is 0. The molecule has 0 aliphatic heterocycles. The van der Waals surface area contributed by atoms with Gasteiger partial charge in [-0.1, -0.05) is 289 Å². The summed E-state index contributed by atoms with van der Waals surface area (Å²) in [6.45, 7) is 4.34. The van der Waals surface area contributed by atoms with Crippen LogP contribution in [0.3, 0.4) is 0 Å². The van der Waals surface area contributed by atoms with E-state index in [1.807, 2.05) is 6.08 Å². The minimum atomic E-state index is -0.837. The molecular formula is C57H111NO3. The predicted octanol–water partition coefficient (Wildman–Crippen LogP) is 18.3. The molecule has 4 heteroatoms. The molecule has 0 aromatic heterocycles. The Morgan fingerprint density at radius 1 is 0.377 bits per heavy atom. The van der Waals surface area contributed by atoms with Gasteiger partial charge in [-0.3, -0.25) is 4.79 Å². The molecule has 0 aliphatic rings. The average molecular weight is 859 g/mol. The topological polar surface area (TPSA) is 69.6 Å². The van der Waals surface area contributed by atoms with E-state index in [0.717, 1.165) is 25.7 Å². The average Bonchev–Trinajstić information content (AvgIpc) is 3.26. The number of nitrogens with one attached hydrogen (secondary N) is 1. The molecule has 1 amide bonds. The van der Waals surface area contributed by atoms with Gasteiger partial charge in [0.15, 0.2) is 0 Å². The maximum atomic E-state index is 12.5. The van der Waals surface area contributed by atoms with Gasteiger partial charge in [0, 0.05) is 6.42 Å². The number of hydrogen-bond acceptors (Lipinski definition) is 3. The monoisotopic (exact) mass is 858 g/mol. The molecular weight excluding hydrogens is 747 g/mol. The van der Waals surface area contributed by atoms with Gasteiger partial charge in [-0.05, 0) is 44.9 Å². The summed E-state index contributed by atoms with van der Waals surface area (Å²) in [4.78, 5) is 12.5. The van der Waals surface area contributed by atoms with Crippen LogP contribution in [-0.4, -0.2) is 34.9 Å². The van der Waals surface area contributed by atoms with Crippen LogP contribution in [0.15, 0.2) is 24.3 Å². The SMILES string of the molecule is CCCCCCCCCCCCCC/C=C\CCCCCCCCCCCCCCCCC(=O)NC(CO)C(O)/C=C/CCCCCCCCCCCCCCCCCCC. The Balaban J connectivity index is 3.45. The molecule has 0 aromatic carbocycles. The molecule has 2 atom stereocenters. The molecule has 4 nitrogen and oxygen atoms in total. The molecule has 0 radical (unpaired) electrons. The predicted molar refractivity (Wildman–Crippen MR) is 272 cm³/mol. The van der Waals surface area contributed by atoms with Crippen LogP contribution in [0.25, 0.3) is 0 Å². The van der Waals surface area contributed by atoms with Crippen molar-refractivity contribution >= 4 is 5.91 Å². The molecule has 0 fully saturated rings. The van der Waals surface area contributed by atoms with E-state index in [2.05, 4.69) is 31.3 Å². The van der Waals surface area contributed by atoms with Crippen molar-refractivity contribution in [2.24, 2.45) is 0 Å². The van der Waals surface area contributed by atoms with E-state index in [-0.39, 0.29) is 12.5 Å². The zero-order chi connectivity index (χ0) is 44.2. The van der Waals surface area contributed by atoms with E-state index in [9.17, 15) is 15.0 Å². The molecule has 3 N–H and O–H groups in total. The maximum Gasteiger partial charge on any atom is 0.220 e. The summed E-state index contributed by atoms with van der Waals surface area (Å²) in [5, 5.41) is 23.2. The molecule has 0 aliphatic carbocycles. The Morgan fingerprint density at radius 3 is 0.902 bits per heavy atom. The fourth-order valence-electron chi connectivity index (χ4n) is 8.88. The fourth-order valence-corrected chi connectivity index (χ4v) is 8.88. The van der Waals surface area contributed by atoms with Gasteiger partial charge >= 0.3 is 0 Å². The molecule has 0 saturated heterocycles. The van der Waals surface area contributed by atoms with Crippen LogP contribution in [0.4, 0.5) is 0 Å². The number of carbonyl (C=O) groups is 1. The van der Waals surface area contributed by atoms with Crippen molar-refractivity contribution in [3.8, 4) is 0 Å². The summed E-state index contributed by atoms with van der Waals surface area (Å²) in [5.74, 6) is -0.0586. The van der Waals surface area contributed by atoms with Gasteiger partial charge in [-0.15, -0.1) is 0 Å². The highest BCUT2D eigenvalue weighted by Crippen LogP contribution is 2.17. The Bertz CT molecular complexity index is 886. The Morgan fingerprint density at radius 2 is 0.623 bits per heavy atom. The molecule has 0 rings (SSSR count). The number of allylic oxidation sites excluding steroid dienone is 3. The Labute approximate surface area is 383 Å². The number of carbonyl (C=O) groups excluding carboxylic acids is 1. The minimum Gasteiger partial charge on any atom is -0.394 e. The third-order valence-corrected chi connectivity index (χ3v) is 13.2. The van der Waals surface area contributed by atoms with Crippen molar-refractivity contribution in [2.75, 3.05) is 6.61 Å². The second kappa shape index (κ2) is 53.2. The van der Waals surface area contributed by atoms with Gasteiger partial charge in [-0.2, -0.15) is 0 Å². The van der Waals surface area contributed by atoms with Gasteiger partial charge in [-0.25, -0.2) is 0 Å². The summed E-state index contributed by atoms with van der Waals surface area (Å²) in [7, 11) is 0. The van der Waals surface area contributed by atoms with E-state index >= 15 is 0 Å². The van der Waals surface area contributed by atoms with Crippen molar-refractivity contribution in [1.29, 1.82) is 0 Å². The van der Waals surface area contributed by atoms with Gasteiger partial charge < -0.3 is 15.5 Å². The molecule has 0 saturated carbocycles. The lowest BCUT2D eigenvalue weighted by atomic mass is 10.0. The molecule has 2 unspecified atom stereocenters. The highest BCUT2D eigenvalue weighted by Gasteiger charge is 2.18. The summed E-state index contributed by atoms with van der Waals surface area (Å²) < 4.78 is 0. The second-order valence-corrected chi connectivity index (χ2v) is 19.4. The smallest absolute Gasteiger partial charge is 0.220 e. The lowest BCUT2D eigenvalue weighted by molar-refractivity contribution is -0.123. The largest absolute Gasteiger partial charge is 0.394 e. The fraction of sp³-hybridized carbons (Fsp3) is 0.912. The number of aliphatic hydroxyl groups is 2. The van der Waals surface area contributed by atoms with Gasteiger partial charge in [0.05, 0.1) is 18.8 Å². The summed E-state index contributed by atoms with van der Waals surface area (Å²) in [6, 6.07) is -0.620. The number of hydrogen-bond donors (Lipinski definition) is 3. The van der Waals surface area contributed by atoms with Crippen molar-refractivity contribution < 1.29 is 15.0 Å². The van der Waals surface area contributed by atoms with Crippen molar-refractivity contribution in [1.82, 2.24) is 5.32 Å². The number of unbranched alkanes of at least 4 members (excludes halogenated alkanes) is 43. The number of aliphatic hydroxyl groups excluding tert-OH is 2. The highest BCUT2D eigenvalue weighted by atomic mass is 16.3. The zero-order valence-corrected chi connectivity index (χ0v) is 41.7. The molecule has 61 heavy (non-hydrogen) atoms. The van der Waals surface area contributed by atoms with Crippen molar-refractivity contribution in [2.45, 2.75) is 328 Å². The van der Waals surface area contributed by atoms with Crippen LogP contribution in [0.5, 0.6) is 0 Å². The van der Waals surface area contributed by atoms with Gasteiger partial charge in [0.25, 0.3) is 0 Å². The third kappa shape index (κ3) is 49.7. The van der Waals surface area contributed by atoms with E-state index in [0.29, 0.717) is 6.42 Å². The summed E-state index contributed by atoms with van der Waals surface area (Å²) in [6.07, 6.45) is 70.5. The molecule has 362 valence electrons. The van der Waals surface area contributed by atoms with Crippen LogP contribution in [0.1, 0.15) is 316 Å². The van der Waals surface area contributed by atoms with Crippen molar-refractivity contribution in [3.05, 3.63) is 24.3 Å².